The van der Waals surface area contributed by atoms with Crippen LogP contribution in [0.1, 0.15) is 0 Å². The highest BCUT2D eigenvalue weighted by molar-refractivity contribution is 7.98. The first kappa shape index (κ1) is 8.18. The van der Waals surface area contributed by atoms with Crippen molar-refractivity contribution in [3.05, 3.63) is 18.8 Å². The number of hydrogen-bond acceptors (Lipinski definition) is 6. The average molecular weight is 194 g/mol. The summed E-state index contributed by atoms with van der Waals surface area (Å²) in [5.74, 6) is 0.794. The molecule has 2 aromatic rings. The highest BCUT2D eigenvalue weighted by Gasteiger charge is 2.05. The zero-order valence-electron chi connectivity index (χ0n) is 6.84. The van der Waals surface area contributed by atoms with E-state index in [1.165, 1.54) is 6.39 Å². The van der Waals surface area contributed by atoms with Crippen LogP contribution in [0, 0.1) is 0 Å². The van der Waals surface area contributed by atoms with E-state index in [4.69, 9.17) is 4.42 Å². The van der Waals surface area contributed by atoms with Gasteiger partial charge in [0.25, 0.3) is 5.89 Å². The third kappa shape index (κ3) is 1.67. The van der Waals surface area contributed by atoms with Crippen molar-refractivity contribution < 1.29 is 4.42 Å². The first-order valence-corrected chi connectivity index (χ1v) is 4.75. The van der Waals surface area contributed by atoms with Crippen molar-refractivity contribution in [1.82, 2.24) is 20.2 Å². The highest BCUT2D eigenvalue weighted by Crippen LogP contribution is 2.14. The van der Waals surface area contributed by atoms with Crippen LogP contribution in [-0.2, 0) is 0 Å². The van der Waals surface area contributed by atoms with Crippen LogP contribution in [0.15, 0.2) is 28.1 Å². The molecule has 0 saturated heterocycles. The van der Waals surface area contributed by atoms with E-state index in [0.717, 1.165) is 4.90 Å². The van der Waals surface area contributed by atoms with Crippen molar-refractivity contribution in [3.63, 3.8) is 0 Å². The molecule has 0 aliphatic heterocycles. The van der Waals surface area contributed by atoms with E-state index < -0.39 is 0 Å². The quantitative estimate of drug-likeness (QED) is 0.670. The van der Waals surface area contributed by atoms with Crippen LogP contribution in [0.4, 0.5) is 0 Å². The lowest BCUT2D eigenvalue weighted by atomic mass is 10.5. The van der Waals surface area contributed by atoms with E-state index in [0.29, 0.717) is 11.7 Å². The van der Waals surface area contributed by atoms with Crippen molar-refractivity contribution in [2.75, 3.05) is 6.26 Å². The molecule has 0 saturated carbocycles. The maximum absolute atomic E-state index is 4.94. The molecule has 66 valence electrons. The monoisotopic (exact) mass is 194 g/mol. The SMILES string of the molecule is CSc1cnc(-c2nnco2)nc1. The molecule has 13 heavy (non-hydrogen) atoms. The maximum atomic E-state index is 4.94. The molecule has 0 aliphatic rings. The van der Waals surface area contributed by atoms with Crippen LogP contribution in [0.3, 0.4) is 0 Å². The van der Waals surface area contributed by atoms with Crippen molar-refractivity contribution in [2.24, 2.45) is 0 Å². The molecule has 2 aromatic heterocycles. The molecule has 0 spiro atoms. The second-order valence-electron chi connectivity index (χ2n) is 2.19. The molecule has 0 aliphatic carbocycles. The standard InChI is InChI=1S/C7H6N4OS/c1-13-5-2-8-6(9-3-5)7-11-10-4-12-7/h2-4H,1H3. The minimum absolute atomic E-state index is 0.340. The van der Waals surface area contributed by atoms with Crippen LogP contribution in [0.25, 0.3) is 11.7 Å². The molecule has 6 heteroatoms. The average Bonchev–Trinajstić information content (AvgIpc) is 2.71. The van der Waals surface area contributed by atoms with E-state index in [2.05, 4.69) is 20.2 Å². The molecule has 0 fully saturated rings. The molecule has 0 N–H and O–H groups in total. The van der Waals surface area contributed by atoms with Gasteiger partial charge < -0.3 is 4.42 Å². The minimum atomic E-state index is 0.340. The van der Waals surface area contributed by atoms with Gasteiger partial charge in [-0.1, -0.05) is 0 Å². The largest absolute Gasteiger partial charge is 0.421 e. The van der Waals surface area contributed by atoms with Gasteiger partial charge in [0, 0.05) is 17.3 Å². The van der Waals surface area contributed by atoms with Crippen molar-refractivity contribution >= 4 is 11.8 Å². The van der Waals surface area contributed by atoms with Gasteiger partial charge in [0.2, 0.25) is 12.2 Å². The Balaban J connectivity index is 2.33. The predicted octanol–water partition coefficient (Wildman–Crippen LogP) is 1.25. The fourth-order valence-corrected chi connectivity index (χ4v) is 1.12. The van der Waals surface area contributed by atoms with Gasteiger partial charge in [0.15, 0.2) is 0 Å². The summed E-state index contributed by atoms with van der Waals surface area (Å²) in [6.45, 7) is 0. The minimum Gasteiger partial charge on any atom is -0.421 e. The second-order valence-corrected chi connectivity index (χ2v) is 3.07. The van der Waals surface area contributed by atoms with Gasteiger partial charge in [-0.25, -0.2) is 9.97 Å². The van der Waals surface area contributed by atoms with Crippen LogP contribution < -0.4 is 0 Å². The maximum Gasteiger partial charge on any atom is 0.285 e. The molecule has 2 heterocycles. The highest BCUT2D eigenvalue weighted by atomic mass is 32.2. The Morgan fingerprint density at radius 2 is 2.08 bits per heavy atom. The third-order valence-electron chi connectivity index (χ3n) is 1.42. The molecule has 0 atom stereocenters. The Labute approximate surface area is 78.6 Å². The molecule has 0 radical (unpaired) electrons. The molecule has 2 rings (SSSR count). The summed E-state index contributed by atoms with van der Waals surface area (Å²) in [7, 11) is 0. The van der Waals surface area contributed by atoms with E-state index in [1.54, 1.807) is 24.2 Å². The summed E-state index contributed by atoms with van der Waals surface area (Å²) < 4.78 is 4.94. The molecular formula is C7H6N4OS. The lowest BCUT2D eigenvalue weighted by molar-refractivity contribution is 0.563. The molecule has 0 aromatic carbocycles. The third-order valence-corrected chi connectivity index (χ3v) is 2.10. The number of hydrogen-bond donors (Lipinski definition) is 0. The smallest absolute Gasteiger partial charge is 0.285 e. The van der Waals surface area contributed by atoms with Crippen molar-refractivity contribution in [1.29, 1.82) is 0 Å². The molecule has 0 amide bonds. The summed E-state index contributed by atoms with van der Waals surface area (Å²) in [6, 6.07) is 0. The second kappa shape index (κ2) is 3.53. The normalized spacial score (nSPS) is 10.2. The van der Waals surface area contributed by atoms with Crippen LogP contribution in [0.2, 0.25) is 0 Å². The van der Waals surface area contributed by atoms with Gasteiger partial charge in [0.1, 0.15) is 0 Å². The van der Waals surface area contributed by atoms with Crippen LogP contribution in [-0.4, -0.2) is 26.4 Å². The van der Waals surface area contributed by atoms with Gasteiger partial charge in [-0.05, 0) is 6.26 Å². The fourth-order valence-electron chi connectivity index (χ4n) is 0.803. The van der Waals surface area contributed by atoms with Crippen molar-refractivity contribution in [2.45, 2.75) is 4.90 Å². The van der Waals surface area contributed by atoms with Crippen molar-refractivity contribution in [3.8, 4) is 11.7 Å². The lowest BCUT2D eigenvalue weighted by Gasteiger charge is -1.94. The van der Waals surface area contributed by atoms with Crippen LogP contribution in [0.5, 0.6) is 0 Å². The Morgan fingerprint density at radius 1 is 1.31 bits per heavy atom. The Bertz CT molecular complexity index is 372. The van der Waals surface area contributed by atoms with Gasteiger partial charge in [-0.2, -0.15) is 0 Å². The summed E-state index contributed by atoms with van der Waals surface area (Å²) in [5, 5.41) is 7.23. The summed E-state index contributed by atoms with van der Waals surface area (Å²) >= 11 is 1.58. The summed E-state index contributed by atoms with van der Waals surface area (Å²) in [6.07, 6.45) is 6.65. The molecular weight excluding hydrogens is 188 g/mol. The van der Waals surface area contributed by atoms with Crippen LogP contribution >= 0.6 is 11.8 Å². The number of aromatic nitrogens is 4. The lowest BCUT2D eigenvalue weighted by Crippen LogP contribution is -1.88. The van der Waals surface area contributed by atoms with Gasteiger partial charge in [0.05, 0.1) is 0 Å². The van der Waals surface area contributed by atoms with Gasteiger partial charge in [-0.15, -0.1) is 22.0 Å². The Hall–Kier alpha value is -1.43. The zero-order valence-corrected chi connectivity index (χ0v) is 7.65. The number of nitrogens with zero attached hydrogens (tertiary/aromatic N) is 4. The van der Waals surface area contributed by atoms with E-state index in [1.807, 2.05) is 6.26 Å². The summed E-state index contributed by atoms with van der Waals surface area (Å²) in [4.78, 5) is 9.13. The molecule has 0 bridgehead atoms. The fraction of sp³-hybridized carbons (Fsp3) is 0.143. The van der Waals surface area contributed by atoms with E-state index in [-0.39, 0.29) is 0 Å². The van der Waals surface area contributed by atoms with E-state index >= 15 is 0 Å². The molecule has 5 nitrogen and oxygen atoms in total. The summed E-state index contributed by atoms with van der Waals surface area (Å²) in [5.41, 5.74) is 0. The van der Waals surface area contributed by atoms with E-state index in [9.17, 15) is 0 Å². The number of thioether (sulfide) groups is 1. The Morgan fingerprint density at radius 3 is 2.62 bits per heavy atom. The topological polar surface area (TPSA) is 64.7 Å². The van der Waals surface area contributed by atoms with Gasteiger partial charge >= 0.3 is 0 Å². The van der Waals surface area contributed by atoms with Gasteiger partial charge in [-0.3, -0.25) is 0 Å². The first-order valence-electron chi connectivity index (χ1n) is 3.52. The first-order chi connectivity index (χ1) is 6.40. The molecule has 0 unspecified atom stereocenters. The Kier molecular flexibility index (Phi) is 2.22. The zero-order chi connectivity index (χ0) is 9.10. The number of rotatable bonds is 2. The predicted molar refractivity (Wildman–Crippen MR) is 47.1 cm³/mol.